The maximum Gasteiger partial charge on any atom is 0.243 e. The van der Waals surface area contributed by atoms with Crippen LogP contribution in [0.25, 0.3) is 0 Å². The van der Waals surface area contributed by atoms with Crippen molar-refractivity contribution in [3.8, 4) is 0 Å². The number of piperidine rings is 1. The highest BCUT2D eigenvalue weighted by Crippen LogP contribution is 2.32. The average molecular weight is 533 g/mol. The molecule has 0 aromatic heterocycles. The molecule has 0 bridgehead atoms. The van der Waals surface area contributed by atoms with Crippen molar-refractivity contribution in [3.05, 3.63) is 59.7 Å². The van der Waals surface area contributed by atoms with E-state index in [0.717, 1.165) is 44.1 Å². The summed E-state index contributed by atoms with van der Waals surface area (Å²) >= 11 is 0. The minimum atomic E-state index is -3.79. The SMILES string of the molecule is C[C@H]1CCCN(S(=O)(=O)c2ccc(S(=O)(=O)N(Cc3ccc(C(C)(C)C)cc3)C3CCCC3)cc2)C1. The first-order valence-electron chi connectivity index (χ1n) is 13.1. The summed E-state index contributed by atoms with van der Waals surface area (Å²) < 4.78 is 57.1. The Morgan fingerprint density at radius 3 is 1.97 bits per heavy atom. The molecule has 0 radical (unpaired) electrons. The molecule has 36 heavy (non-hydrogen) atoms. The van der Waals surface area contributed by atoms with Crippen LogP contribution in [0.5, 0.6) is 0 Å². The van der Waals surface area contributed by atoms with Gasteiger partial charge in [-0.25, -0.2) is 16.8 Å². The van der Waals surface area contributed by atoms with Crippen LogP contribution in [0.2, 0.25) is 0 Å². The number of benzene rings is 2. The van der Waals surface area contributed by atoms with Crippen LogP contribution in [-0.4, -0.2) is 44.6 Å². The lowest BCUT2D eigenvalue weighted by Gasteiger charge is -2.30. The molecule has 0 unspecified atom stereocenters. The van der Waals surface area contributed by atoms with Crippen molar-refractivity contribution in [2.24, 2.45) is 5.92 Å². The zero-order valence-electron chi connectivity index (χ0n) is 22.0. The lowest BCUT2D eigenvalue weighted by Crippen LogP contribution is -2.39. The van der Waals surface area contributed by atoms with E-state index in [1.54, 1.807) is 4.31 Å². The van der Waals surface area contributed by atoms with E-state index in [2.05, 4.69) is 39.8 Å². The first-order valence-corrected chi connectivity index (χ1v) is 16.0. The zero-order valence-corrected chi connectivity index (χ0v) is 23.6. The summed E-state index contributed by atoms with van der Waals surface area (Å²) in [4.78, 5) is 0.299. The van der Waals surface area contributed by atoms with E-state index in [-0.39, 0.29) is 21.2 Å². The number of nitrogens with zero attached hydrogens (tertiary/aromatic N) is 2. The van der Waals surface area contributed by atoms with Crippen LogP contribution in [0, 0.1) is 5.92 Å². The van der Waals surface area contributed by atoms with Crippen LogP contribution in [0.3, 0.4) is 0 Å². The monoisotopic (exact) mass is 532 g/mol. The van der Waals surface area contributed by atoms with Gasteiger partial charge in [0.2, 0.25) is 20.0 Å². The van der Waals surface area contributed by atoms with E-state index in [4.69, 9.17) is 0 Å². The minimum Gasteiger partial charge on any atom is -0.207 e. The van der Waals surface area contributed by atoms with E-state index >= 15 is 0 Å². The van der Waals surface area contributed by atoms with Gasteiger partial charge in [0.1, 0.15) is 0 Å². The predicted octanol–water partition coefficient (Wildman–Crippen LogP) is 5.54. The van der Waals surface area contributed by atoms with Crippen LogP contribution in [0.1, 0.15) is 77.3 Å². The molecule has 1 heterocycles. The molecule has 2 aromatic carbocycles. The molecule has 6 nitrogen and oxygen atoms in total. The van der Waals surface area contributed by atoms with Crippen molar-refractivity contribution in [1.82, 2.24) is 8.61 Å². The maximum absolute atomic E-state index is 13.8. The Morgan fingerprint density at radius 2 is 1.42 bits per heavy atom. The van der Waals surface area contributed by atoms with Gasteiger partial charge in [0, 0.05) is 25.7 Å². The molecular weight excluding hydrogens is 492 g/mol. The molecule has 1 saturated carbocycles. The molecule has 2 fully saturated rings. The van der Waals surface area contributed by atoms with Gasteiger partial charge in [-0.05, 0) is 72.4 Å². The van der Waals surface area contributed by atoms with E-state index < -0.39 is 20.0 Å². The van der Waals surface area contributed by atoms with Gasteiger partial charge in [-0.15, -0.1) is 0 Å². The summed E-state index contributed by atoms with van der Waals surface area (Å²) in [5.74, 6) is 0.325. The van der Waals surface area contributed by atoms with Gasteiger partial charge >= 0.3 is 0 Å². The summed E-state index contributed by atoms with van der Waals surface area (Å²) in [6.07, 6.45) is 5.60. The largest absolute Gasteiger partial charge is 0.243 e. The predicted molar refractivity (Wildman–Crippen MR) is 144 cm³/mol. The van der Waals surface area contributed by atoms with Gasteiger partial charge < -0.3 is 0 Å². The molecule has 0 spiro atoms. The first kappa shape index (κ1) is 27.3. The minimum absolute atomic E-state index is 0.0318. The molecule has 1 atom stereocenters. The van der Waals surface area contributed by atoms with Crippen LogP contribution < -0.4 is 0 Å². The van der Waals surface area contributed by atoms with Gasteiger partial charge in [-0.3, -0.25) is 0 Å². The van der Waals surface area contributed by atoms with E-state index in [1.165, 1.54) is 34.1 Å². The van der Waals surface area contributed by atoms with Crippen molar-refractivity contribution < 1.29 is 16.8 Å². The Hall–Kier alpha value is -1.74. The number of sulfonamides is 2. The zero-order chi connectivity index (χ0) is 26.1. The molecule has 0 amide bonds. The highest BCUT2D eigenvalue weighted by Gasteiger charge is 2.34. The average Bonchev–Trinajstić information content (AvgIpc) is 3.37. The fourth-order valence-corrected chi connectivity index (χ4v) is 8.60. The second-order valence-corrected chi connectivity index (χ2v) is 15.3. The normalized spacial score (nSPS) is 20.8. The van der Waals surface area contributed by atoms with Gasteiger partial charge in [0.15, 0.2) is 0 Å². The molecule has 8 heteroatoms. The van der Waals surface area contributed by atoms with E-state index in [1.807, 2.05) is 12.1 Å². The summed E-state index contributed by atoms with van der Waals surface area (Å²) in [6.45, 7) is 9.86. The van der Waals surface area contributed by atoms with Crippen molar-refractivity contribution in [2.45, 2.75) is 94.0 Å². The van der Waals surface area contributed by atoms with Crippen molar-refractivity contribution in [3.63, 3.8) is 0 Å². The summed E-state index contributed by atoms with van der Waals surface area (Å²) in [5.41, 5.74) is 2.20. The van der Waals surface area contributed by atoms with Gasteiger partial charge in [0.25, 0.3) is 0 Å². The lowest BCUT2D eigenvalue weighted by atomic mass is 9.87. The van der Waals surface area contributed by atoms with Gasteiger partial charge in [0.05, 0.1) is 9.79 Å². The molecule has 1 aliphatic carbocycles. The van der Waals surface area contributed by atoms with Crippen LogP contribution in [-0.2, 0) is 32.0 Å². The second-order valence-electron chi connectivity index (χ2n) is 11.5. The summed E-state index contributed by atoms with van der Waals surface area (Å²) in [6, 6.07) is 14.0. The van der Waals surface area contributed by atoms with Crippen molar-refractivity contribution in [2.75, 3.05) is 13.1 Å². The first-order chi connectivity index (χ1) is 16.9. The topological polar surface area (TPSA) is 74.8 Å². The van der Waals surface area contributed by atoms with Crippen LogP contribution in [0.4, 0.5) is 0 Å². The molecule has 198 valence electrons. The highest BCUT2D eigenvalue weighted by atomic mass is 32.2. The standard InChI is InChI=1S/C28H40N2O4S2/c1-22-8-7-19-29(20-22)35(31,32)26-15-17-27(18-16-26)36(33,34)30(25-9-5-6-10-25)21-23-11-13-24(14-12-23)28(2,3)4/h11-18,22,25H,5-10,19-21H2,1-4H3/t22-/m0/s1. The van der Waals surface area contributed by atoms with Crippen molar-refractivity contribution >= 4 is 20.0 Å². The Bertz CT molecular complexity index is 1240. The quantitative estimate of drug-likeness (QED) is 0.469. The second kappa shape index (κ2) is 10.6. The Labute approximate surface area is 217 Å². The number of rotatable bonds is 7. The Morgan fingerprint density at radius 1 is 0.833 bits per heavy atom. The fourth-order valence-electron chi connectivity index (χ4n) is 5.33. The van der Waals surface area contributed by atoms with E-state index in [0.29, 0.717) is 25.6 Å². The van der Waals surface area contributed by atoms with Gasteiger partial charge in [-0.2, -0.15) is 8.61 Å². The molecule has 1 saturated heterocycles. The molecular formula is C28H40N2O4S2. The molecule has 2 aromatic rings. The van der Waals surface area contributed by atoms with Gasteiger partial charge in [-0.1, -0.05) is 64.8 Å². The lowest BCUT2D eigenvalue weighted by molar-refractivity contribution is 0.281. The highest BCUT2D eigenvalue weighted by molar-refractivity contribution is 7.89. The summed E-state index contributed by atoms with van der Waals surface area (Å²) in [7, 11) is -7.43. The Kier molecular flexibility index (Phi) is 8.01. The molecule has 1 aliphatic heterocycles. The fraction of sp³-hybridized carbons (Fsp3) is 0.571. The van der Waals surface area contributed by atoms with Crippen molar-refractivity contribution in [1.29, 1.82) is 0 Å². The summed E-state index contributed by atoms with van der Waals surface area (Å²) in [5, 5.41) is 0. The maximum atomic E-state index is 13.8. The third kappa shape index (κ3) is 5.87. The number of hydrogen-bond donors (Lipinski definition) is 0. The third-order valence-electron chi connectivity index (χ3n) is 7.58. The van der Waals surface area contributed by atoms with Crippen LogP contribution >= 0.6 is 0 Å². The van der Waals surface area contributed by atoms with E-state index in [9.17, 15) is 16.8 Å². The molecule has 0 N–H and O–H groups in total. The Balaban J connectivity index is 1.59. The molecule has 2 aliphatic rings. The smallest absolute Gasteiger partial charge is 0.207 e. The number of hydrogen-bond acceptors (Lipinski definition) is 4. The third-order valence-corrected chi connectivity index (χ3v) is 11.4. The van der Waals surface area contributed by atoms with Crippen LogP contribution in [0.15, 0.2) is 58.3 Å². The molecule has 4 rings (SSSR count).